The number of aromatic nitrogens is 2. The quantitative estimate of drug-likeness (QED) is 0.708. The fourth-order valence-corrected chi connectivity index (χ4v) is 4.68. The van der Waals surface area contributed by atoms with Crippen molar-refractivity contribution in [2.45, 2.75) is 45.7 Å². The van der Waals surface area contributed by atoms with Gasteiger partial charge in [-0.15, -0.1) is 11.3 Å². The first-order valence-corrected chi connectivity index (χ1v) is 9.68. The Bertz CT molecular complexity index is 1020. The topological polar surface area (TPSA) is 68.3 Å². The van der Waals surface area contributed by atoms with Crippen molar-refractivity contribution < 1.29 is 9.21 Å². The van der Waals surface area contributed by atoms with Gasteiger partial charge in [-0.05, 0) is 37.5 Å². The summed E-state index contributed by atoms with van der Waals surface area (Å²) in [7, 11) is 1.74. The Labute approximate surface area is 155 Å². The summed E-state index contributed by atoms with van der Waals surface area (Å²) in [6.07, 6.45) is 5.59. The van der Waals surface area contributed by atoms with Gasteiger partial charge in [-0.25, -0.2) is 4.98 Å². The number of nitrogens with zero attached hydrogens (tertiary/aromatic N) is 3. The Morgan fingerprint density at radius 3 is 3.00 bits per heavy atom. The molecule has 0 saturated carbocycles. The molecule has 0 fully saturated rings. The van der Waals surface area contributed by atoms with Crippen molar-refractivity contribution in [3.63, 3.8) is 0 Å². The third-order valence-electron chi connectivity index (χ3n) is 4.93. The number of carbonyl (C=O) groups excluding carboxylic acids is 1. The monoisotopic (exact) mass is 371 g/mol. The molecule has 4 heterocycles. The van der Waals surface area contributed by atoms with Crippen LogP contribution < -0.4 is 5.56 Å². The van der Waals surface area contributed by atoms with Gasteiger partial charge >= 0.3 is 0 Å². The van der Waals surface area contributed by atoms with E-state index in [1.54, 1.807) is 28.8 Å². The second-order valence-corrected chi connectivity index (χ2v) is 7.77. The van der Waals surface area contributed by atoms with Crippen molar-refractivity contribution in [2.24, 2.45) is 0 Å². The Kier molecular flexibility index (Phi) is 4.40. The molecule has 0 unspecified atom stereocenters. The molecule has 3 aromatic heterocycles. The minimum atomic E-state index is -0.110. The largest absolute Gasteiger partial charge is 0.467 e. The van der Waals surface area contributed by atoms with Gasteiger partial charge in [0.15, 0.2) is 0 Å². The van der Waals surface area contributed by atoms with Crippen LogP contribution >= 0.6 is 11.3 Å². The third-order valence-corrected chi connectivity index (χ3v) is 6.10. The van der Waals surface area contributed by atoms with E-state index in [1.807, 2.05) is 13.0 Å². The molecule has 136 valence electrons. The van der Waals surface area contributed by atoms with E-state index in [4.69, 9.17) is 9.40 Å². The third kappa shape index (κ3) is 2.86. The van der Waals surface area contributed by atoms with Crippen LogP contribution in [0.25, 0.3) is 10.2 Å². The van der Waals surface area contributed by atoms with Gasteiger partial charge in [-0.2, -0.15) is 0 Å². The lowest BCUT2D eigenvalue weighted by atomic mass is 10.2. The molecule has 1 aliphatic rings. The molecule has 0 aromatic carbocycles. The van der Waals surface area contributed by atoms with Crippen LogP contribution in [-0.4, -0.2) is 27.4 Å². The summed E-state index contributed by atoms with van der Waals surface area (Å²) < 4.78 is 7.12. The average molecular weight is 371 g/mol. The second-order valence-electron chi connectivity index (χ2n) is 6.77. The molecular weight excluding hydrogens is 350 g/mol. The second kappa shape index (κ2) is 6.72. The van der Waals surface area contributed by atoms with E-state index in [-0.39, 0.29) is 11.5 Å². The highest BCUT2D eigenvalue weighted by Crippen LogP contribution is 2.29. The van der Waals surface area contributed by atoms with Crippen molar-refractivity contribution in [1.82, 2.24) is 14.5 Å². The number of hydrogen-bond acceptors (Lipinski definition) is 5. The molecular formula is C19H21N3O3S. The van der Waals surface area contributed by atoms with Gasteiger partial charge < -0.3 is 9.32 Å². The van der Waals surface area contributed by atoms with Gasteiger partial charge in [0, 0.05) is 20.0 Å². The van der Waals surface area contributed by atoms with Crippen molar-refractivity contribution in [3.8, 4) is 0 Å². The normalized spacial score (nSPS) is 14.2. The molecule has 3 aromatic rings. The highest BCUT2D eigenvalue weighted by molar-refractivity contribution is 7.20. The average Bonchev–Trinajstić information content (AvgIpc) is 3.16. The summed E-state index contributed by atoms with van der Waals surface area (Å²) in [4.78, 5) is 33.5. The zero-order valence-electron chi connectivity index (χ0n) is 14.9. The maximum absolute atomic E-state index is 13.0. The lowest BCUT2D eigenvalue weighted by Gasteiger charge is -2.15. The maximum Gasteiger partial charge on any atom is 0.264 e. The predicted molar refractivity (Wildman–Crippen MR) is 101 cm³/mol. The lowest BCUT2D eigenvalue weighted by molar-refractivity contribution is 0.0779. The van der Waals surface area contributed by atoms with Crippen LogP contribution in [0.2, 0.25) is 0 Å². The Hall–Kier alpha value is -2.41. The maximum atomic E-state index is 13.0. The van der Waals surface area contributed by atoms with Crippen LogP contribution in [0.15, 0.2) is 27.6 Å². The van der Waals surface area contributed by atoms with Crippen LogP contribution in [-0.2, 0) is 19.5 Å². The molecule has 0 atom stereocenters. The Morgan fingerprint density at radius 2 is 2.23 bits per heavy atom. The zero-order chi connectivity index (χ0) is 18.3. The van der Waals surface area contributed by atoms with E-state index < -0.39 is 0 Å². The molecule has 0 saturated heterocycles. The van der Waals surface area contributed by atoms with Crippen molar-refractivity contribution in [1.29, 1.82) is 0 Å². The van der Waals surface area contributed by atoms with Gasteiger partial charge in [-0.1, -0.05) is 6.42 Å². The molecule has 4 rings (SSSR count). The van der Waals surface area contributed by atoms with Gasteiger partial charge in [0.05, 0.1) is 23.1 Å². The standard InChI is InChI=1S/C19H21N3O3S/c1-12-15-17(20-14-8-4-3-5-9-22(14)18(15)23)26-16(12)19(24)21(2)11-13-7-6-10-25-13/h6-7,10H,3-5,8-9,11H2,1-2H3. The molecule has 26 heavy (non-hydrogen) atoms. The minimum absolute atomic E-state index is 0.00612. The first-order chi connectivity index (χ1) is 12.6. The van der Waals surface area contributed by atoms with Gasteiger partial charge in [0.2, 0.25) is 0 Å². The zero-order valence-corrected chi connectivity index (χ0v) is 15.8. The van der Waals surface area contributed by atoms with Gasteiger partial charge in [0.1, 0.15) is 16.4 Å². The number of furan rings is 1. The van der Waals surface area contributed by atoms with E-state index in [0.29, 0.717) is 28.2 Å². The summed E-state index contributed by atoms with van der Waals surface area (Å²) in [5, 5.41) is 0.593. The number of amides is 1. The molecule has 0 bridgehead atoms. The number of carbonyl (C=O) groups is 1. The smallest absolute Gasteiger partial charge is 0.264 e. The first-order valence-electron chi connectivity index (χ1n) is 8.87. The molecule has 0 radical (unpaired) electrons. The van der Waals surface area contributed by atoms with Crippen LogP contribution in [0.4, 0.5) is 0 Å². The van der Waals surface area contributed by atoms with E-state index in [9.17, 15) is 9.59 Å². The molecule has 0 N–H and O–H groups in total. The fraction of sp³-hybridized carbons (Fsp3) is 0.421. The van der Waals surface area contributed by atoms with Crippen molar-refractivity contribution >= 4 is 27.5 Å². The predicted octanol–water partition coefficient (Wildman–Crippen LogP) is 3.36. The van der Waals surface area contributed by atoms with Crippen LogP contribution in [0.1, 0.15) is 46.1 Å². The highest BCUT2D eigenvalue weighted by Gasteiger charge is 2.24. The highest BCUT2D eigenvalue weighted by atomic mass is 32.1. The molecule has 7 heteroatoms. The van der Waals surface area contributed by atoms with Crippen molar-refractivity contribution in [3.05, 3.63) is 50.8 Å². The Morgan fingerprint density at radius 1 is 1.38 bits per heavy atom. The van der Waals surface area contributed by atoms with E-state index in [0.717, 1.165) is 42.8 Å². The lowest BCUT2D eigenvalue weighted by Crippen LogP contribution is -2.26. The number of rotatable bonds is 3. The van der Waals surface area contributed by atoms with Crippen LogP contribution in [0.3, 0.4) is 0 Å². The van der Waals surface area contributed by atoms with Crippen LogP contribution in [0.5, 0.6) is 0 Å². The summed E-state index contributed by atoms with van der Waals surface area (Å²) in [5.74, 6) is 1.47. The molecule has 6 nitrogen and oxygen atoms in total. The fourth-order valence-electron chi connectivity index (χ4n) is 3.50. The molecule has 0 spiro atoms. The number of aryl methyl sites for hydroxylation is 2. The van der Waals surface area contributed by atoms with Crippen molar-refractivity contribution in [2.75, 3.05) is 7.05 Å². The van der Waals surface area contributed by atoms with E-state index in [2.05, 4.69) is 0 Å². The number of thiophene rings is 1. The van der Waals surface area contributed by atoms with E-state index in [1.165, 1.54) is 11.3 Å². The minimum Gasteiger partial charge on any atom is -0.467 e. The molecule has 1 amide bonds. The molecule has 0 aliphatic carbocycles. The summed E-state index contributed by atoms with van der Waals surface area (Å²) in [6, 6.07) is 3.64. The summed E-state index contributed by atoms with van der Waals surface area (Å²) in [5.41, 5.74) is 0.728. The van der Waals surface area contributed by atoms with Gasteiger partial charge in [-0.3, -0.25) is 14.2 Å². The summed E-state index contributed by atoms with van der Waals surface area (Å²) in [6.45, 7) is 2.95. The SMILES string of the molecule is Cc1c(C(=O)N(C)Cc2ccco2)sc2nc3n(c(=O)c12)CCCCC3. The van der Waals surface area contributed by atoms with Crippen LogP contribution in [0, 0.1) is 6.92 Å². The first kappa shape index (κ1) is 17.0. The number of fused-ring (bicyclic) bond motifs is 2. The van der Waals surface area contributed by atoms with E-state index >= 15 is 0 Å². The number of hydrogen-bond donors (Lipinski definition) is 0. The Balaban J connectivity index is 1.74. The summed E-state index contributed by atoms with van der Waals surface area (Å²) >= 11 is 1.32. The van der Waals surface area contributed by atoms with Gasteiger partial charge in [0.25, 0.3) is 11.5 Å². The molecule has 1 aliphatic heterocycles.